The summed E-state index contributed by atoms with van der Waals surface area (Å²) in [6, 6.07) is 7.46. The lowest BCUT2D eigenvalue weighted by molar-refractivity contribution is 0.0698. The molecule has 0 aliphatic carbocycles. The summed E-state index contributed by atoms with van der Waals surface area (Å²) in [7, 11) is 4.13. The molecule has 2 aromatic rings. The van der Waals surface area contributed by atoms with E-state index in [-0.39, 0.29) is 5.56 Å². The third kappa shape index (κ3) is 3.92. The molecule has 0 bridgehead atoms. The molecule has 0 saturated carbocycles. The van der Waals surface area contributed by atoms with E-state index < -0.39 is 5.97 Å². The Labute approximate surface area is 124 Å². The monoisotopic (exact) mass is 287 g/mol. The highest BCUT2D eigenvalue weighted by molar-refractivity contribution is 6.06. The smallest absolute Gasteiger partial charge is 0.337 e. The minimum atomic E-state index is -0.948. The largest absolute Gasteiger partial charge is 0.478 e. The van der Waals surface area contributed by atoms with E-state index in [1.807, 2.05) is 24.3 Å². The molecule has 1 heterocycles. The van der Waals surface area contributed by atoms with E-state index >= 15 is 0 Å². The number of hydrogen-bond donors (Lipinski definition) is 2. The van der Waals surface area contributed by atoms with Crippen molar-refractivity contribution in [1.29, 1.82) is 0 Å². The van der Waals surface area contributed by atoms with Crippen molar-refractivity contribution in [2.24, 2.45) is 0 Å². The summed E-state index contributed by atoms with van der Waals surface area (Å²) < 4.78 is 0. The molecule has 5 heteroatoms. The number of pyridine rings is 1. The molecule has 0 unspecified atom stereocenters. The van der Waals surface area contributed by atoms with E-state index in [9.17, 15) is 9.90 Å². The van der Waals surface area contributed by atoms with Crippen LogP contribution in [0, 0.1) is 0 Å². The van der Waals surface area contributed by atoms with Gasteiger partial charge in [-0.25, -0.2) is 9.78 Å². The summed E-state index contributed by atoms with van der Waals surface area (Å²) >= 11 is 0. The lowest BCUT2D eigenvalue weighted by Crippen LogP contribution is -2.14. The maximum absolute atomic E-state index is 11.2. The number of fused-ring (bicyclic) bond motifs is 1. The fraction of sp³-hybridized carbons (Fsp3) is 0.375. The number of benzene rings is 1. The second-order valence-electron chi connectivity index (χ2n) is 5.31. The summed E-state index contributed by atoms with van der Waals surface area (Å²) in [5.41, 5.74) is 0.240. The number of rotatable bonds is 7. The fourth-order valence-corrected chi connectivity index (χ4v) is 2.26. The van der Waals surface area contributed by atoms with E-state index in [4.69, 9.17) is 0 Å². The lowest BCUT2D eigenvalue weighted by Gasteiger charge is -2.12. The first-order chi connectivity index (χ1) is 10.1. The average Bonchev–Trinajstić information content (AvgIpc) is 2.46. The first-order valence-electron chi connectivity index (χ1n) is 7.09. The van der Waals surface area contributed by atoms with Crippen molar-refractivity contribution in [3.63, 3.8) is 0 Å². The molecular weight excluding hydrogens is 266 g/mol. The molecule has 5 nitrogen and oxygen atoms in total. The lowest BCUT2D eigenvalue weighted by atomic mass is 10.1. The third-order valence-electron chi connectivity index (χ3n) is 3.35. The average molecular weight is 287 g/mol. The van der Waals surface area contributed by atoms with Crippen LogP contribution in [0.5, 0.6) is 0 Å². The van der Waals surface area contributed by atoms with Gasteiger partial charge in [-0.3, -0.25) is 0 Å². The number of carboxylic acid groups (broad SMARTS) is 1. The zero-order chi connectivity index (χ0) is 15.2. The molecule has 0 spiro atoms. The van der Waals surface area contributed by atoms with Crippen LogP contribution in [0.2, 0.25) is 0 Å². The van der Waals surface area contributed by atoms with E-state index in [1.165, 1.54) is 6.20 Å². The zero-order valence-corrected chi connectivity index (χ0v) is 12.5. The van der Waals surface area contributed by atoms with Gasteiger partial charge in [-0.15, -0.1) is 0 Å². The number of aromatic carboxylic acids is 1. The van der Waals surface area contributed by atoms with Crippen LogP contribution in [0.4, 0.5) is 5.82 Å². The van der Waals surface area contributed by atoms with Crippen LogP contribution < -0.4 is 5.32 Å². The van der Waals surface area contributed by atoms with Gasteiger partial charge in [0.05, 0.1) is 5.56 Å². The molecular formula is C16H21N3O2. The SMILES string of the molecule is CN(C)CCCCNc1ncc(C(=O)O)c2ccccc12. The van der Waals surface area contributed by atoms with Crippen molar-refractivity contribution < 1.29 is 9.90 Å². The van der Waals surface area contributed by atoms with Gasteiger partial charge in [-0.1, -0.05) is 24.3 Å². The molecule has 0 saturated heterocycles. The second-order valence-corrected chi connectivity index (χ2v) is 5.31. The van der Waals surface area contributed by atoms with E-state index in [0.717, 1.165) is 42.5 Å². The first-order valence-corrected chi connectivity index (χ1v) is 7.09. The Bertz CT molecular complexity index is 626. The molecule has 2 N–H and O–H groups in total. The van der Waals surface area contributed by atoms with Crippen molar-refractivity contribution in [1.82, 2.24) is 9.88 Å². The molecule has 112 valence electrons. The molecule has 21 heavy (non-hydrogen) atoms. The number of carboxylic acids is 1. The van der Waals surface area contributed by atoms with Gasteiger partial charge in [0.2, 0.25) is 0 Å². The summed E-state index contributed by atoms with van der Waals surface area (Å²) in [5.74, 6) is -0.198. The number of carbonyl (C=O) groups is 1. The Morgan fingerprint density at radius 3 is 2.62 bits per heavy atom. The molecule has 0 atom stereocenters. The number of hydrogen-bond acceptors (Lipinski definition) is 4. The molecule has 0 amide bonds. The topological polar surface area (TPSA) is 65.5 Å². The molecule has 0 fully saturated rings. The van der Waals surface area contributed by atoms with Gasteiger partial charge in [0.25, 0.3) is 0 Å². The summed E-state index contributed by atoms with van der Waals surface area (Å²) in [4.78, 5) is 17.6. The van der Waals surface area contributed by atoms with Crippen molar-refractivity contribution in [3.8, 4) is 0 Å². The molecule has 1 aromatic carbocycles. The van der Waals surface area contributed by atoms with Gasteiger partial charge < -0.3 is 15.3 Å². The Morgan fingerprint density at radius 2 is 1.95 bits per heavy atom. The predicted molar refractivity (Wildman–Crippen MR) is 85.0 cm³/mol. The van der Waals surface area contributed by atoms with E-state index in [2.05, 4.69) is 29.3 Å². The van der Waals surface area contributed by atoms with Gasteiger partial charge in [0.1, 0.15) is 5.82 Å². The van der Waals surface area contributed by atoms with Crippen LogP contribution in [0.25, 0.3) is 10.8 Å². The number of anilines is 1. The minimum Gasteiger partial charge on any atom is -0.478 e. The number of nitrogens with one attached hydrogen (secondary N) is 1. The molecule has 0 aliphatic rings. The zero-order valence-electron chi connectivity index (χ0n) is 12.5. The van der Waals surface area contributed by atoms with Gasteiger partial charge in [0.15, 0.2) is 0 Å². The summed E-state index contributed by atoms with van der Waals surface area (Å²) in [6.45, 7) is 1.89. The Kier molecular flexibility index (Phi) is 5.11. The number of aromatic nitrogens is 1. The molecule has 1 aromatic heterocycles. The van der Waals surface area contributed by atoms with Crippen molar-refractivity contribution in [3.05, 3.63) is 36.0 Å². The normalized spacial score (nSPS) is 11.0. The van der Waals surface area contributed by atoms with Crippen LogP contribution in [0.1, 0.15) is 23.2 Å². The van der Waals surface area contributed by atoms with Gasteiger partial charge >= 0.3 is 5.97 Å². The Balaban J connectivity index is 2.11. The highest BCUT2D eigenvalue weighted by Crippen LogP contribution is 2.24. The first kappa shape index (κ1) is 15.3. The standard InChI is InChI=1S/C16H21N3O2/c1-19(2)10-6-5-9-17-15-13-8-4-3-7-12(13)14(11-18-15)16(20)21/h3-4,7-8,11H,5-6,9-10H2,1-2H3,(H,17,18)(H,20,21). The second kappa shape index (κ2) is 7.04. The fourth-order valence-electron chi connectivity index (χ4n) is 2.26. The van der Waals surface area contributed by atoms with Crippen molar-refractivity contribution >= 4 is 22.6 Å². The highest BCUT2D eigenvalue weighted by Gasteiger charge is 2.11. The highest BCUT2D eigenvalue weighted by atomic mass is 16.4. The maximum atomic E-state index is 11.2. The van der Waals surface area contributed by atoms with Gasteiger partial charge in [0, 0.05) is 23.5 Å². The number of nitrogens with zero attached hydrogens (tertiary/aromatic N) is 2. The van der Waals surface area contributed by atoms with Crippen molar-refractivity contribution in [2.75, 3.05) is 32.5 Å². The van der Waals surface area contributed by atoms with Crippen LogP contribution in [-0.2, 0) is 0 Å². The van der Waals surface area contributed by atoms with Crippen LogP contribution in [0.15, 0.2) is 30.5 Å². The van der Waals surface area contributed by atoms with Crippen LogP contribution in [0.3, 0.4) is 0 Å². The van der Waals surface area contributed by atoms with E-state index in [1.54, 1.807) is 0 Å². The Morgan fingerprint density at radius 1 is 1.24 bits per heavy atom. The maximum Gasteiger partial charge on any atom is 0.337 e. The van der Waals surface area contributed by atoms with E-state index in [0.29, 0.717) is 0 Å². The van der Waals surface area contributed by atoms with Crippen LogP contribution >= 0.6 is 0 Å². The number of unbranched alkanes of at least 4 members (excludes halogenated alkanes) is 1. The van der Waals surface area contributed by atoms with Gasteiger partial charge in [-0.05, 0) is 33.5 Å². The minimum absolute atomic E-state index is 0.240. The predicted octanol–water partition coefficient (Wildman–Crippen LogP) is 2.69. The molecule has 2 rings (SSSR count). The third-order valence-corrected chi connectivity index (χ3v) is 3.35. The molecule has 0 radical (unpaired) electrons. The van der Waals surface area contributed by atoms with Crippen molar-refractivity contribution in [2.45, 2.75) is 12.8 Å². The molecule has 0 aliphatic heterocycles. The summed E-state index contributed by atoms with van der Waals surface area (Å²) in [5, 5.41) is 14.1. The van der Waals surface area contributed by atoms with Gasteiger partial charge in [-0.2, -0.15) is 0 Å². The Hall–Kier alpha value is -2.14. The summed E-state index contributed by atoms with van der Waals surface area (Å²) in [6.07, 6.45) is 3.59. The quantitative estimate of drug-likeness (QED) is 0.766. The van der Waals surface area contributed by atoms with Crippen LogP contribution in [-0.4, -0.2) is 48.1 Å².